The Labute approximate surface area is 132 Å². The zero-order chi connectivity index (χ0) is 16.6. The van der Waals surface area contributed by atoms with Crippen molar-refractivity contribution in [3.8, 4) is 0 Å². The molecular weight excluding hydrogens is 322 g/mol. The van der Waals surface area contributed by atoms with Crippen molar-refractivity contribution in [2.45, 2.75) is 19.0 Å². The number of fused-ring (bicyclic) bond motifs is 1. The van der Waals surface area contributed by atoms with Gasteiger partial charge >= 0.3 is 0 Å². The van der Waals surface area contributed by atoms with E-state index >= 15 is 0 Å². The Morgan fingerprint density at radius 1 is 1.39 bits per heavy atom. The minimum Gasteiger partial charge on any atom is -0.351 e. The molecule has 122 valence electrons. The summed E-state index contributed by atoms with van der Waals surface area (Å²) in [6.07, 6.45) is 2.04. The fourth-order valence-corrected chi connectivity index (χ4v) is 4.51. The number of non-ortho nitro benzene ring substituents is 1. The van der Waals surface area contributed by atoms with Gasteiger partial charge in [0.2, 0.25) is 5.91 Å². The van der Waals surface area contributed by atoms with Crippen molar-refractivity contribution in [2.24, 2.45) is 0 Å². The minimum absolute atomic E-state index is 0.0106. The van der Waals surface area contributed by atoms with Crippen LogP contribution >= 0.6 is 0 Å². The molecule has 9 heteroatoms. The number of sulfone groups is 1. The fourth-order valence-electron chi connectivity index (χ4n) is 2.84. The van der Waals surface area contributed by atoms with Crippen molar-refractivity contribution in [2.75, 3.05) is 11.5 Å². The number of carbonyl (C=O) groups excluding carboxylic acids is 1. The molecule has 1 aliphatic heterocycles. The normalized spacial score (nSPS) is 19.7. The number of nitrogens with zero attached hydrogens (tertiary/aromatic N) is 2. The van der Waals surface area contributed by atoms with E-state index in [9.17, 15) is 23.3 Å². The lowest BCUT2D eigenvalue weighted by molar-refractivity contribution is -0.383. The van der Waals surface area contributed by atoms with Crippen molar-refractivity contribution >= 4 is 32.3 Å². The number of rotatable bonds is 4. The first kappa shape index (κ1) is 15.5. The van der Waals surface area contributed by atoms with Gasteiger partial charge in [0, 0.05) is 18.3 Å². The lowest BCUT2D eigenvalue weighted by atomic mass is 10.2. The highest BCUT2D eigenvalue weighted by Gasteiger charge is 2.29. The highest BCUT2D eigenvalue weighted by atomic mass is 32.2. The average Bonchev–Trinajstić information content (AvgIpc) is 3.02. The van der Waals surface area contributed by atoms with E-state index in [2.05, 4.69) is 5.32 Å². The summed E-state index contributed by atoms with van der Waals surface area (Å²) in [6.45, 7) is -0.0127. The summed E-state index contributed by atoms with van der Waals surface area (Å²) in [5.74, 6) is -0.246. The van der Waals surface area contributed by atoms with Gasteiger partial charge in [-0.2, -0.15) is 0 Å². The van der Waals surface area contributed by atoms with Gasteiger partial charge in [0.1, 0.15) is 6.54 Å². The smallest absolute Gasteiger partial charge is 0.278 e. The molecule has 0 saturated carbocycles. The molecule has 0 bridgehead atoms. The van der Waals surface area contributed by atoms with E-state index in [0.29, 0.717) is 17.3 Å². The van der Waals surface area contributed by atoms with Crippen LogP contribution in [0.5, 0.6) is 0 Å². The highest BCUT2D eigenvalue weighted by Crippen LogP contribution is 2.26. The summed E-state index contributed by atoms with van der Waals surface area (Å²) in [6, 6.07) is 5.92. The van der Waals surface area contributed by atoms with Crippen LogP contribution in [0.25, 0.3) is 10.9 Å². The Hall–Kier alpha value is -2.42. The predicted octanol–water partition coefficient (Wildman–Crippen LogP) is 0.853. The van der Waals surface area contributed by atoms with Crippen LogP contribution in [0, 0.1) is 10.1 Å². The highest BCUT2D eigenvalue weighted by molar-refractivity contribution is 7.91. The molecular formula is C14H15N3O5S. The molecule has 1 fully saturated rings. The van der Waals surface area contributed by atoms with Crippen molar-refractivity contribution < 1.29 is 18.1 Å². The van der Waals surface area contributed by atoms with Gasteiger partial charge in [-0.1, -0.05) is 6.07 Å². The lowest BCUT2D eigenvalue weighted by Gasteiger charge is -2.11. The van der Waals surface area contributed by atoms with E-state index in [-0.39, 0.29) is 35.7 Å². The summed E-state index contributed by atoms with van der Waals surface area (Å²) < 4.78 is 24.4. The number of nitrogens with one attached hydrogen (secondary N) is 1. The summed E-state index contributed by atoms with van der Waals surface area (Å²) in [7, 11) is -3.05. The summed E-state index contributed by atoms with van der Waals surface area (Å²) >= 11 is 0. The number of hydrogen-bond donors (Lipinski definition) is 1. The second-order valence-corrected chi connectivity index (χ2v) is 7.81. The van der Waals surface area contributed by atoms with Crippen molar-refractivity contribution in [3.63, 3.8) is 0 Å². The van der Waals surface area contributed by atoms with Crippen molar-refractivity contribution in [1.82, 2.24) is 9.88 Å². The van der Waals surface area contributed by atoms with Gasteiger partial charge in [0.05, 0.1) is 27.3 Å². The molecule has 1 atom stereocenters. The van der Waals surface area contributed by atoms with Crippen LogP contribution in [-0.4, -0.2) is 41.4 Å². The standard InChI is InChI=1S/C14H15N3O5S/c18-14(15-10-5-7-23(21,22)9-10)8-16-6-4-11-12(16)2-1-3-13(11)17(19)20/h1-4,6,10H,5,7-9H2,(H,15,18)/t10-/m1/s1. The zero-order valence-electron chi connectivity index (χ0n) is 12.1. The second kappa shape index (κ2) is 5.65. The van der Waals surface area contributed by atoms with Crippen molar-refractivity contribution in [3.05, 3.63) is 40.6 Å². The topological polar surface area (TPSA) is 111 Å². The van der Waals surface area contributed by atoms with Crippen LogP contribution in [0.3, 0.4) is 0 Å². The predicted molar refractivity (Wildman–Crippen MR) is 83.8 cm³/mol. The first-order valence-electron chi connectivity index (χ1n) is 7.08. The maximum Gasteiger partial charge on any atom is 0.278 e. The first-order chi connectivity index (χ1) is 10.9. The molecule has 1 saturated heterocycles. The van der Waals surface area contributed by atoms with E-state index < -0.39 is 14.8 Å². The molecule has 1 amide bonds. The number of amides is 1. The maximum absolute atomic E-state index is 12.1. The minimum atomic E-state index is -3.05. The molecule has 3 rings (SSSR count). The molecule has 0 radical (unpaired) electrons. The number of aromatic nitrogens is 1. The van der Waals surface area contributed by atoms with Crippen LogP contribution < -0.4 is 5.32 Å². The SMILES string of the molecule is O=C(Cn1ccc2c([N+](=O)[O-])cccc21)N[C@@H]1CCS(=O)(=O)C1. The van der Waals surface area contributed by atoms with Gasteiger partial charge in [0.15, 0.2) is 9.84 Å². The second-order valence-electron chi connectivity index (χ2n) is 5.58. The van der Waals surface area contributed by atoms with Crippen molar-refractivity contribution in [1.29, 1.82) is 0 Å². The Morgan fingerprint density at radius 2 is 2.17 bits per heavy atom. The number of hydrogen-bond acceptors (Lipinski definition) is 5. The van der Waals surface area contributed by atoms with Gasteiger partial charge in [-0.05, 0) is 18.6 Å². The van der Waals surface area contributed by atoms with Gasteiger partial charge in [-0.25, -0.2) is 8.42 Å². The third-order valence-corrected chi connectivity index (χ3v) is 5.67. The van der Waals surface area contributed by atoms with E-state index in [0.717, 1.165) is 0 Å². The largest absolute Gasteiger partial charge is 0.351 e. The van der Waals surface area contributed by atoms with Crippen LogP contribution in [0.2, 0.25) is 0 Å². The molecule has 23 heavy (non-hydrogen) atoms. The molecule has 1 aliphatic rings. The monoisotopic (exact) mass is 337 g/mol. The molecule has 2 aromatic rings. The van der Waals surface area contributed by atoms with Gasteiger partial charge in [-0.15, -0.1) is 0 Å². The average molecular weight is 337 g/mol. The van der Waals surface area contributed by atoms with Crippen LogP contribution in [0.4, 0.5) is 5.69 Å². The molecule has 2 heterocycles. The van der Waals surface area contributed by atoms with E-state index in [4.69, 9.17) is 0 Å². The maximum atomic E-state index is 12.1. The Bertz CT molecular complexity index is 887. The van der Waals surface area contributed by atoms with E-state index in [1.807, 2.05) is 0 Å². The molecule has 0 unspecified atom stereocenters. The van der Waals surface area contributed by atoms with Crippen LogP contribution in [0.15, 0.2) is 30.5 Å². The molecule has 0 spiro atoms. The van der Waals surface area contributed by atoms with E-state index in [1.54, 1.807) is 29.0 Å². The van der Waals surface area contributed by atoms with Crippen LogP contribution in [-0.2, 0) is 21.2 Å². The summed E-state index contributed by atoms with van der Waals surface area (Å²) in [5, 5.41) is 14.2. The van der Waals surface area contributed by atoms with Gasteiger partial charge in [-0.3, -0.25) is 14.9 Å². The molecule has 1 N–H and O–H groups in total. The first-order valence-corrected chi connectivity index (χ1v) is 8.90. The molecule has 1 aromatic carbocycles. The number of carbonyl (C=O) groups is 1. The van der Waals surface area contributed by atoms with Gasteiger partial charge in [0.25, 0.3) is 5.69 Å². The number of nitro benzene ring substituents is 1. The third-order valence-electron chi connectivity index (χ3n) is 3.90. The van der Waals surface area contributed by atoms with Crippen LogP contribution in [0.1, 0.15) is 6.42 Å². The fraction of sp³-hybridized carbons (Fsp3) is 0.357. The quantitative estimate of drug-likeness (QED) is 0.657. The Balaban J connectivity index is 1.76. The van der Waals surface area contributed by atoms with E-state index in [1.165, 1.54) is 6.07 Å². The lowest BCUT2D eigenvalue weighted by Crippen LogP contribution is -2.37. The summed E-state index contributed by atoms with van der Waals surface area (Å²) in [5.41, 5.74) is 0.580. The Kier molecular flexibility index (Phi) is 3.80. The third kappa shape index (κ3) is 3.19. The zero-order valence-corrected chi connectivity index (χ0v) is 13.0. The number of benzene rings is 1. The molecule has 0 aliphatic carbocycles. The molecule has 1 aromatic heterocycles. The van der Waals surface area contributed by atoms with Gasteiger partial charge < -0.3 is 9.88 Å². The Morgan fingerprint density at radius 3 is 2.83 bits per heavy atom. The summed E-state index contributed by atoms with van der Waals surface area (Å²) in [4.78, 5) is 22.6. The molecule has 8 nitrogen and oxygen atoms in total. The number of nitro groups is 1.